The van der Waals surface area contributed by atoms with Gasteiger partial charge in [-0.25, -0.2) is 0 Å². The van der Waals surface area contributed by atoms with Gasteiger partial charge in [0.25, 0.3) is 16.4 Å². The second-order valence-electron chi connectivity index (χ2n) is 4.92. The Morgan fingerprint density at radius 3 is 2.00 bits per heavy atom. The van der Waals surface area contributed by atoms with E-state index in [2.05, 4.69) is 5.32 Å². The van der Waals surface area contributed by atoms with Crippen LogP contribution in [0.25, 0.3) is 0 Å². The average Bonchev–Trinajstić information content (AvgIpc) is 2.54. The molecule has 0 fully saturated rings. The maximum Gasteiger partial charge on any atom is 0.308 e. The number of benzene rings is 2. The summed E-state index contributed by atoms with van der Waals surface area (Å²) in [5, 5.41) is 0.930. The third-order valence-electron chi connectivity index (χ3n) is 3.00. The van der Waals surface area contributed by atoms with E-state index in [9.17, 15) is 19.2 Å². The quantitative estimate of drug-likeness (QED) is 0.486. The van der Waals surface area contributed by atoms with E-state index in [0.29, 0.717) is 0 Å². The second kappa shape index (κ2) is 7.92. The van der Waals surface area contributed by atoms with Crippen LogP contribution in [0, 0.1) is 0 Å². The Balaban J connectivity index is 2.29. The van der Waals surface area contributed by atoms with Crippen LogP contribution in [0.2, 0.25) is 0 Å². The first kappa shape index (κ1) is 18.6. The monoisotopic (exact) mass is 379 g/mol. The Kier molecular flexibility index (Phi) is 5.90. The fraction of sp³-hybridized carbons (Fsp3) is 0.0588. The largest absolute Gasteiger partial charge is 0.427 e. The molecule has 2 aromatic carbocycles. The van der Waals surface area contributed by atoms with Crippen LogP contribution in [0.5, 0.6) is 5.75 Å². The molecule has 2 aromatic rings. The molecule has 0 aromatic heterocycles. The van der Waals surface area contributed by atoms with Crippen LogP contribution in [-0.4, -0.2) is 22.4 Å². The van der Waals surface area contributed by atoms with Crippen LogP contribution >= 0.6 is 23.2 Å². The molecule has 0 saturated heterocycles. The molecule has 0 aliphatic carbocycles. The van der Waals surface area contributed by atoms with E-state index < -0.39 is 22.4 Å². The Morgan fingerprint density at radius 2 is 1.48 bits per heavy atom. The molecule has 128 valence electrons. The van der Waals surface area contributed by atoms with Crippen LogP contribution in [0.4, 0.5) is 5.69 Å². The van der Waals surface area contributed by atoms with E-state index in [1.807, 2.05) is 0 Å². The van der Waals surface area contributed by atoms with E-state index in [1.54, 1.807) is 6.07 Å². The third kappa shape index (κ3) is 5.14. The highest BCUT2D eigenvalue weighted by atomic mass is 35.5. The zero-order valence-electron chi connectivity index (χ0n) is 12.8. The van der Waals surface area contributed by atoms with Crippen molar-refractivity contribution in [3.8, 4) is 5.75 Å². The maximum absolute atomic E-state index is 12.3. The van der Waals surface area contributed by atoms with Crippen LogP contribution < -0.4 is 10.1 Å². The molecule has 6 nitrogen and oxygen atoms in total. The van der Waals surface area contributed by atoms with Gasteiger partial charge in [-0.1, -0.05) is 6.07 Å². The molecular formula is C17H11Cl2NO5. The molecule has 0 spiro atoms. The number of nitrogens with one attached hydrogen (secondary N) is 1. The molecule has 1 amide bonds. The lowest BCUT2D eigenvalue weighted by Gasteiger charge is -2.09. The average molecular weight is 380 g/mol. The molecule has 8 heteroatoms. The number of halogens is 2. The van der Waals surface area contributed by atoms with Gasteiger partial charge in [0.05, 0.1) is 0 Å². The summed E-state index contributed by atoms with van der Waals surface area (Å²) in [6.07, 6.45) is 0. The van der Waals surface area contributed by atoms with E-state index in [0.717, 1.165) is 0 Å². The number of hydrogen-bond donors (Lipinski definition) is 1. The minimum Gasteiger partial charge on any atom is -0.427 e. The van der Waals surface area contributed by atoms with Crippen molar-refractivity contribution in [2.75, 3.05) is 5.32 Å². The number of anilines is 1. The number of esters is 1. The summed E-state index contributed by atoms with van der Waals surface area (Å²) in [5.41, 5.74) is 0.396. The van der Waals surface area contributed by atoms with Crippen molar-refractivity contribution in [2.45, 2.75) is 6.92 Å². The molecule has 2 rings (SSSR count). The molecule has 0 aliphatic heterocycles. The highest BCUT2D eigenvalue weighted by Crippen LogP contribution is 2.20. The molecule has 0 aliphatic rings. The zero-order valence-corrected chi connectivity index (χ0v) is 14.4. The zero-order chi connectivity index (χ0) is 18.6. The fourth-order valence-corrected chi connectivity index (χ4v) is 2.21. The first-order valence-electron chi connectivity index (χ1n) is 6.91. The molecular weight excluding hydrogens is 369 g/mol. The number of rotatable bonds is 5. The summed E-state index contributed by atoms with van der Waals surface area (Å²) in [7, 11) is 0. The van der Waals surface area contributed by atoms with Gasteiger partial charge >= 0.3 is 5.97 Å². The van der Waals surface area contributed by atoms with Gasteiger partial charge in [-0.2, -0.15) is 0 Å². The fourth-order valence-electron chi connectivity index (χ4n) is 2.00. The Morgan fingerprint density at radius 1 is 0.880 bits per heavy atom. The minimum atomic E-state index is -0.799. The standard InChI is InChI=1S/C17H11Cl2NO5/c1-9(21)25-14-4-2-3-10(8-14)17(24)20-13-6-11(15(18)22)5-12(7-13)16(19)23/h2-8H,1H3,(H,20,24). The Labute approximate surface area is 152 Å². The van der Waals surface area contributed by atoms with Gasteiger partial charge in [-0.15, -0.1) is 0 Å². The normalized spacial score (nSPS) is 10.0. The number of amides is 1. The van der Waals surface area contributed by atoms with Crippen molar-refractivity contribution >= 4 is 51.3 Å². The van der Waals surface area contributed by atoms with Gasteiger partial charge in [0.1, 0.15) is 5.75 Å². The van der Waals surface area contributed by atoms with E-state index >= 15 is 0 Å². The van der Waals surface area contributed by atoms with E-state index in [4.69, 9.17) is 27.9 Å². The molecule has 0 unspecified atom stereocenters. The summed E-state index contributed by atoms with van der Waals surface area (Å²) < 4.78 is 4.91. The first-order valence-corrected chi connectivity index (χ1v) is 7.66. The summed E-state index contributed by atoms with van der Waals surface area (Å²) in [6.45, 7) is 1.24. The number of hydrogen-bond acceptors (Lipinski definition) is 5. The molecule has 0 saturated carbocycles. The third-order valence-corrected chi connectivity index (χ3v) is 3.44. The molecule has 0 radical (unpaired) electrons. The van der Waals surface area contributed by atoms with Crippen molar-refractivity contribution in [1.29, 1.82) is 0 Å². The second-order valence-corrected chi connectivity index (χ2v) is 5.61. The highest BCUT2D eigenvalue weighted by molar-refractivity contribution is 6.69. The van der Waals surface area contributed by atoms with Gasteiger partial charge in [0.15, 0.2) is 0 Å². The predicted octanol–water partition coefficient (Wildman–Crippen LogP) is 3.62. The lowest BCUT2D eigenvalue weighted by molar-refractivity contribution is -0.131. The number of carbonyl (C=O) groups excluding carboxylic acids is 4. The number of carbonyl (C=O) groups is 4. The molecule has 1 N–H and O–H groups in total. The molecule has 25 heavy (non-hydrogen) atoms. The van der Waals surface area contributed by atoms with Crippen LogP contribution in [0.3, 0.4) is 0 Å². The van der Waals surface area contributed by atoms with Crippen molar-refractivity contribution in [3.05, 3.63) is 59.2 Å². The van der Waals surface area contributed by atoms with Gasteiger partial charge in [0.2, 0.25) is 0 Å². The lowest BCUT2D eigenvalue weighted by atomic mass is 10.1. The van der Waals surface area contributed by atoms with Crippen molar-refractivity contribution in [2.24, 2.45) is 0 Å². The van der Waals surface area contributed by atoms with Crippen molar-refractivity contribution < 1.29 is 23.9 Å². The predicted molar refractivity (Wildman–Crippen MR) is 92.5 cm³/mol. The van der Waals surface area contributed by atoms with Crippen LogP contribution in [-0.2, 0) is 4.79 Å². The summed E-state index contributed by atoms with van der Waals surface area (Å²) in [5.74, 6) is -0.848. The summed E-state index contributed by atoms with van der Waals surface area (Å²) in [6, 6.07) is 9.79. The maximum atomic E-state index is 12.3. The van der Waals surface area contributed by atoms with Crippen molar-refractivity contribution in [3.63, 3.8) is 0 Å². The van der Waals surface area contributed by atoms with E-state index in [1.165, 1.54) is 43.3 Å². The Hall–Kier alpha value is -2.70. The lowest BCUT2D eigenvalue weighted by Crippen LogP contribution is -2.13. The van der Waals surface area contributed by atoms with Crippen LogP contribution in [0.1, 0.15) is 38.0 Å². The van der Waals surface area contributed by atoms with Crippen molar-refractivity contribution in [1.82, 2.24) is 0 Å². The topological polar surface area (TPSA) is 89.5 Å². The smallest absolute Gasteiger partial charge is 0.308 e. The molecule has 0 heterocycles. The minimum absolute atomic E-state index is 0.0112. The molecule has 0 bridgehead atoms. The first-order chi connectivity index (χ1) is 11.8. The Bertz CT molecular complexity index is 847. The molecule has 0 atom stereocenters. The SMILES string of the molecule is CC(=O)Oc1cccc(C(=O)Nc2cc(C(=O)Cl)cc(C(=O)Cl)c2)c1. The van der Waals surface area contributed by atoms with Gasteiger partial charge < -0.3 is 10.1 Å². The van der Waals surface area contributed by atoms with Gasteiger partial charge in [0, 0.05) is 29.3 Å². The summed E-state index contributed by atoms with van der Waals surface area (Å²) >= 11 is 10.8. The van der Waals surface area contributed by atoms with Crippen LogP contribution in [0.15, 0.2) is 42.5 Å². The summed E-state index contributed by atoms with van der Waals surface area (Å²) in [4.78, 5) is 46.0. The van der Waals surface area contributed by atoms with E-state index in [-0.39, 0.29) is 28.1 Å². The highest BCUT2D eigenvalue weighted by Gasteiger charge is 2.13. The number of ether oxygens (including phenoxy) is 1. The van der Waals surface area contributed by atoms with Gasteiger partial charge in [-0.3, -0.25) is 19.2 Å². The van der Waals surface area contributed by atoms with Gasteiger partial charge in [-0.05, 0) is 59.6 Å².